The van der Waals surface area contributed by atoms with E-state index in [9.17, 15) is 18.6 Å². The Morgan fingerprint density at radius 1 is 0.926 bits per heavy atom. The molecule has 142 valence electrons. The third kappa shape index (κ3) is 5.52. The van der Waals surface area contributed by atoms with Crippen molar-refractivity contribution in [3.05, 3.63) is 65.9 Å². The zero-order valence-electron chi connectivity index (χ0n) is 14.8. The Morgan fingerprint density at radius 2 is 1.56 bits per heavy atom. The van der Waals surface area contributed by atoms with Crippen molar-refractivity contribution in [1.82, 2.24) is 0 Å². The number of rotatable bonds is 3. The summed E-state index contributed by atoms with van der Waals surface area (Å²) in [5.41, 5.74) is 2.49. The van der Waals surface area contributed by atoms with Crippen LogP contribution in [-0.2, 0) is 21.6 Å². The molecular formula is C19H20NO6S+. The normalized spacial score (nSPS) is 11.4. The first-order valence-corrected chi connectivity index (χ1v) is 9.19. The molecule has 0 aliphatic carbocycles. The van der Waals surface area contributed by atoms with Crippen molar-refractivity contribution < 1.29 is 31.9 Å². The molecule has 1 heterocycles. The summed E-state index contributed by atoms with van der Waals surface area (Å²) in [4.78, 5) is 0. The molecule has 27 heavy (non-hydrogen) atoms. The van der Waals surface area contributed by atoms with Gasteiger partial charge < -0.3 is 10.2 Å². The van der Waals surface area contributed by atoms with Crippen LogP contribution in [0.3, 0.4) is 0 Å². The van der Waals surface area contributed by atoms with Crippen molar-refractivity contribution >= 4 is 33.5 Å². The highest BCUT2D eigenvalue weighted by atomic mass is 32.3. The molecule has 0 amide bonds. The zero-order chi connectivity index (χ0) is 20.0. The number of phenolic OH excluding ortho intramolecular Hbond substituents is 2. The van der Waals surface area contributed by atoms with E-state index in [0.717, 1.165) is 29.3 Å². The van der Waals surface area contributed by atoms with Crippen LogP contribution in [0.15, 0.2) is 54.6 Å². The number of aromatic hydroxyl groups is 2. The number of benzene rings is 2. The Bertz CT molecular complexity index is 1080. The first kappa shape index (κ1) is 20.4. The quantitative estimate of drug-likeness (QED) is 0.469. The average Bonchev–Trinajstić information content (AvgIpc) is 2.62. The molecule has 0 fully saturated rings. The van der Waals surface area contributed by atoms with Gasteiger partial charge in [-0.05, 0) is 30.3 Å². The molecule has 0 unspecified atom stereocenters. The molecule has 0 spiro atoms. The zero-order valence-corrected chi connectivity index (χ0v) is 15.6. The summed E-state index contributed by atoms with van der Waals surface area (Å²) in [5.74, 6) is 0.507. The molecule has 0 radical (unpaired) electrons. The number of hydrogen-bond donors (Lipinski definition) is 3. The van der Waals surface area contributed by atoms with E-state index in [-0.39, 0.29) is 11.5 Å². The molecular weight excluding hydrogens is 370 g/mol. The maximum absolute atomic E-state index is 10.0. The SMILES string of the molecule is COS(=O)(=O)O.C[n+]1c(/C=C/c2ccccc2O)ccc2cccc(O)c21. The fourth-order valence-electron chi connectivity index (χ4n) is 2.44. The Kier molecular flexibility index (Phi) is 6.51. The summed E-state index contributed by atoms with van der Waals surface area (Å²) in [5, 5.41) is 20.8. The van der Waals surface area contributed by atoms with Crippen molar-refractivity contribution in [2.75, 3.05) is 7.11 Å². The molecule has 1 aromatic heterocycles. The van der Waals surface area contributed by atoms with Crippen molar-refractivity contribution in [2.45, 2.75) is 0 Å². The van der Waals surface area contributed by atoms with E-state index in [1.807, 2.05) is 60.2 Å². The minimum Gasteiger partial charge on any atom is -0.507 e. The standard InChI is InChI=1S/C18H15NO2.CH4O4S/c1-19-15(11-9-13-5-2-3-7-16(13)20)12-10-14-6-4-8-17(21)18(14)19;1-5-6(2,3)4/h2-12,21H,1H3;1H3,(H,2,3,4)/p+1. The number of nitrogens with zero attached hydrogens (tertiary/aromatic N) is 1. The lowest BCUT2D eigenvalue weighted by molar-refractivity contribution is -0.646. The number of para-hydroxylation sites is 2. The van der Waals surface area contributed by atoms with Crippen LogP contribution >= 0.6 is 0 Å². The smallest absolute Gasteiger partial charge is 0.397 e. The third-order valence-corrected chi connectivity index (χ3v) is 4.20. The van der Waals surface area contributed by atoms with Gasteiger partial charge in [0.25, 0.3) is 5.52 Å². The highest BCUT2D eigenvalue weighted by Gasteiger charge is 2.13. The van der Waals surface area contributed by atoms with Gasteiger partial charge in [0, 0.05) is 17.7 Å². The molecule has 0 atom stereocenters. The topological polar surface area (TPSA) is 108 Å². The molecule has 3 aromatic rings. The molecule has 2 aromatic carbocycles. The van der Waals surface area contributed by atoms with Gasteiger partial charge in [0.05, 0.1) is 12.5 Å². The Balaban J connectivity index is 0.000000380. The summed E-state index contributed by atoms with van der Waals surface area (Å²) in [7, 11) is -1.38. The summed E-state index contributed by atoms with van der Waals surface area (Å²) in [6, 6.07) is 16.6. The summed E-state index contributed by atoms with van der Waals surface area (Å²) in [6.07, 6.45) is 3.78. The molecule has 0 bridgehead atoms. The van der Waals surface area contributed by atoms with Crippen molar-refractivity contribution in [1.29, 1.82) is 0 Å². The Hall–Kier alpha value is -2.94. The molecule has 0 aliphatic rings. The summed E-state index contributed by atoms with van der Waals surface area (Å²) >= 11 is 0. The molecule has 8 heteroatoms. The third-order valence-electron chi connectivity index (χ3n) is 3.78. The number of phenols is 2. The highest BCUT2D eigenvalue weighted by Crippen LogP contribution is 2.22. The van der Waals surface area contributed by atoms with Gasteiger partial charge in [-0.15, -0.1) is 0 Å². The van der Waals surface area contributed by atoms with Crippen molar-refractivity contribution in [3.63, 3.8) is 0 Å². The number of fused-ring (bicyclic) bond motifs is 1. The molecule has 0 saturated heterocycles. The van der Waals surface area contributed by atoms with Crippen LogP contribution in [0, 0.1) is 0 Å². The van der Waals surface area contributed by atoms with E-state index in [2.05, 4.69) is 4.18 Å². The van der Waals surface area contributed by atoms with Crippen LogP contribution in [-0.4, -0.2) is 30.3 Å². The maximum atomic E-state index is 10.0. The lowest BCUT2D eigenvalue weighted by Gasteiger charge is -2.02. The number of pyridine rings is 1. The van der Waals surface area contributed by atoms with Crippen LogP contribution in [0.2, 0.25) is 0 Å². The highest BCUT2D eigenvalue weighted by molar-refractivity contribution is 7.80. The molecule has 3 N–H and O–H groups in total. The van der Waals surface area contributed by atoms with Gasteiger partial charge in [-0.2, -0.15) is 13.0 Å². The van der Waals surface area contributed by atoms with Gasteiger partial charge in [-0.3, -0.25) is 8.74 Å². The monoisotopic (exact) mass is 390 g/mol. The van der Waals surface area contributed by atoms with Gasteiger partial charge in [0.15, 0.2) is 5.75 Å². The van der Waals surface area contributed by atoms with Crippen LogP contribution in [0.4, 0.5) is 0 Å². The second-order valence-electron chi connectivity index (χ2n) is 5.52. The first-order chi connectivity index (χ1) is 12.7. The van der Waals surface area contributed by atoms with Crippen LogP contribution < -0.4 is 4.57 Å². The predicted molar refractivity (Wildman–Crippen MR) is 102 cm³/mol. The second-order valence-corrected chi connectivity index (χ2v) is 6.71. The minimum atomic E-state index is -4.16. The largest absolute Gasteiger partial charge is 0.507 e. The van der Waals surface area contributed by atoms with E-state index < -0.39 is 10.4 Å². The van der Waals surface area contributed by atoms with E-state index >= 15 is 0 Å². The Morgan fingerprint density at radius 3 is 2.19 bits per heavy atom. The van der Waals surface area contributed by atoms with E-state index in [4.69, 9.17) is 4.55 Å². The van der Waals surface area contributed by atoms with Gasteiger partial charge >= 0.3 is 10.4 Å². The summed E-state index contributed by atoms with van der Waals surface area (Å²) in [6.45, 7) is 0. The summed E-state index contributed by atoms with van der Waals surface area (Å²) < 4.78 is 31.6. The fourth-order valence-corrected chi connectivity index (χ4v) is 2.44. The fraction of sp³-hybridized carbons (Fsp3) is 0.105. The first-order valence-electron chi connectivity index (χ1n) is 7.83. The van der Waals surface area contributed by atoms with E-state index in [1.54, 1.807) is 18.2 Å². The molecule has 3 rings (SSSR count). The second kappa shape index (κ2) is 8.63. The lowest BCUT2D eigenvalue weighted by Crippen LogP contribution is -2.32. The number of hydrogen-bond acceptors (Lipinski definition) is 5. The molecule has 0 saturated carbocycles. The van der Waals surface area contributed by atoms with Crippen LogP contribution in [0.25, 0.3) is 23.1 Å². The lowest BCUT2D eigenvalue weighted by atomic mass is 10.1. The Labute approximate surface area is 157 Å². The van der Waals surface area contributed by atoms with Crippen LogP contribution in [0.5, 0.6) is 11.5 Å². The molecule has 7 nitrogen and oxygen atoms in total. The van der Waals surface area contributed by atoms with Crippen molar-refractivity contribution in [2.24, 2.45) is 7.05 Å². The molecule has 0 aliphatic heterocycles. The maximum Gasteiger partial charge on any atom is 0.397 e. The van der Waals surface area contributed by atoms with Gasteiger partial charge in [0.2, 0.25) is 5.69 Å². The van der Waals surface area contributed by atoms with E-state index in [0.29, 0.717) is 0 Å². The van der Waals surface area contributed by atoms with Gasteiger partial charge in [0.1, 0.15) is 12.8 Å². The minimum absolute atomic E-state index is 0.250. The van der Waals surface area contributed by atoms with E-state index in [1.165, 1.54) is 0 Å². The number of aryl methyl sites for hydroxylation is 1. The van der Waals surface area contributed by atoms with Crippen LogP contribution in [0.1, 0.15) is 11.3 Å². The average molecular weight is 390 g/mol. The van der Waals surface area contributed by atoms with Crippen molar-refractivity contribution in [3.8, 4) is 11.5 Å². The van der Waals surface area contributed by atoms with Gasteiger partial charge in [-0.1, -0.05) is 24.3 Å². The number of aromatic nitrogens is 1. The predicted octanol–water partition coefficient (Wildman–Crippen LogP) is 2.68. The van der Waals surface area contributed by atoms with Gasteiger partial charge in [-0.25, -0.2) is 0 Å².